The molecule has 3 rings (SSSR count). The Bertz CT molecular complexity index is 634. The third kappa shape index (κ3) is 4.43. The van der Waals surface area contributed by atoms with E-state index in [9.17, 15) is 4.39 Å². The Hall–Kier alpha value is -1.63. The molecule has 0 N–H and O–H groups in total. The Kier molecular flexibility index (Phi) is 5.15. The zero-order chi connectivity index (χ0) is 16.2. The molecular formula is C22H27F. The van der Waals surface area contributed by atoms with E-state index in [0.717, 1.165) is 29.4 Å². The van der Waals surface area contributed by atoms with Crippen LogP contribution in [0.15, 0.2) is 42.5 Å². The smallest absolute Gasteiger partial charge is 0.127 e. The number of benzene rings is 2. The van der Waals surface area contributed by atoms with Crippen molar-refractivity contribution in [1.82, 2.24) is 0 Å². The van der Waals surface area contributed by atoms with Crippen LogP contribution in [0.25, 0.3) is 0 Å². The molecular weight excluding hydrogens is 283 g/mol. The summed E-state index contributed by atoms with van der Waals surface area (Å²) in [6, 6.07) is 14.2. The van der Waals surface area contributed by atoms with Gasteiger partial charge in [0.2, 0.25) is 0 Å². The molecule has 0 nitrogen and oxygen atoms in total. The molecule has 0 amide bonds. The average molecular weight is 310 g/mol. The van der Waals surface area contributed by atoms with Gasteiger partial charge < -0.3 is 0 Å². The Morgan fingerprint density at radius 2 is 1.57 bits per heavy atom. The number of halogens is 1. The Balaban J connectivity index is 1.64. The second kappa shape index (κ2) is 7.29. The third-order valence-electron chi connectivity index (χ3n) is 5.29. The molecule has 23 heavy (non-hydrogen) atoms. The van der Waals surface area contributed by atoms with Crippen LogP contribution in [0, 0.1) is 24.6 Å². The zero-order valence-corrected chi connectivity index (χ0v) is 14.3. The summed E-state index contributed by atoms with van der Waals surface area (Å²) < 4.78 is 14.4. The van der Waals surface area contributed by atoms with Crippen LogP contribution >= 0.6 is 0 Å². The molecule has 0 atom stereocenters. The van der Waals surface area contributed by atoms with Gasteiger partial charge in [0, 0.05) is 6.42 Å². The molecule has 2 aromatic rings. The second-order valence-electron chi connectivity index (χ2n) is 7.42. The molecule has 0 heterocycles. The minimum atomic E-state index is -0.0488. The van der Waals surface area contributed by atoms with Crippen molar-refractivity contribution in [2.45, 2.75) is 52.4 Å². The molecule has 0 bridgehead atoms. The number of rotatable bonds is 4. The van der Waals surface area contributed by atoms with Crippen LogP contribution in [-0.2, 0) is 12.8 Å². The molecule has 1 aliphatic rings. The predicted octanol–water partition coefficient (Wildman–Crippen LogP) is 6.09. The first-order valence-electron chi connectivity index (χ1n) is 8.93. The average Bonchev–Trinajstić information content (AvgIpc) is 2.54. The van der Waals surface area contributed by atoms with Crippen LogP contribution in [0.2, 0.25) is 0 Å². The van der Waals surface area contributed by atoms with Gasteiger partial charge in [0.1, 0.15) is 5.82 Å². The normalized spacial score (nSPS) is 21.3. The Morgan fingerprint density at radius 1 is 0.913 bits per heavy atom. The zero-order valence-electron chi connectivity index (χ0n) is 14.3. The van der Waals surface area contributed by atoms with Gasteiger partial charge in [-0.1, -0.05) is 61.7 Å². The van der Waals surface area contributed by atoms with Gasteiger partial charge in [-0.25, -0.2) is 4.39 Å². The van der Waals surface area contributed by atoms with Gasteiger partial charge >= 0.3 is 0 Å². The van der Waals surface area contributed by atoms with Gasteiger partial charge in [-0.05, 0) is 60.8 Å². The largest absolute Gasteiger partial charge is 0.207 e. The van der Waals surface area contributed by atoms with E-state index >= 15 is 0 Å². The van der Waals surface area contributed by atoms with Crippen LogP contribution in [0.1, 0.15) is 54.9 Å². The van der Waals surface area contributed by atoms with Crippen LogP contribution in [0.5, 0.6) is 0 Å². The molecule has 1 aliphatic carbocycles. The maximum absolute atomic E-state index is 14.4. The van der Waals surface area contributed by atoms with Crippen LogP contribution in [0.4, 0.5) is 4.39 Å². The first-order valence-corrected chi connectivity index (χ1v) is 8.93. The van der Waals surface area contributed by atoms with Crippen molar-refractivity contribution in [3.05, 3.63) is 70.5 Å². The second-order valence-corrected chi connectivity index (χ2v) is 7.42. The highest BCUT2D eigenvalue weighted by atomic mass is 19.1. The molecule has 2 aromatic carbocycles. The summed E-state index contributed by atoms with van der Waals surface area (Å²) in [7, 11) is 0. The van der Waals surface area contributed by atoms with Crippen molar-refractivity contribution in [3.8, 4) is 0 Å². The number of hydrogen-bond donors (Lipinski definition) is 0. The SMILES string of the molecule is Cc1ccc(Cc2ccc(CC3CCC(C)CC3)cc2F)cc1. The van der Waals surface area contributed by atoms with Crippen molar-refractivity contribution in [1.29, 1.82) is 0 Å². The summed E-state index contributed by atoms with van der Waals surface area (Å²) in [5.74, 6) is 1.57. The highest BCUT2D eigenvalue weighted by molar-refractivity contribution is 5.31. The number of aryl methyl sites for hydroxylation is 1. The minimum Gasteiger partial charge on any atom is -0.207 e. The maximum atomic E-state index is 14.4. The fourth-order valence-electron chi connectivity index (χ4n) is 3.65. The summed E-state index contributed by atoms with van der Waals surface area (Å²) in [6.07, 6.45) is 6.97. The van der Waals surface area contributed by atoms with E-state index in [2.05, 4.69) is 44.2 Å². The van der Waals surface area contributed by atoms with E-state index < -0.39 is 0 Å². The monoisotopic (exact) mass is 310 g/mol. The Labute approximate surface area is 139 Å². The van der Waals surface area contributed by atoms with Crippen LogP contribution < -0.4 is 0 Å². The predicted molar refractivity (Wildman–Crippen MR) is 95.2 cm³/mol. The van der Waals surface area contributed by atoms with Crippen molar-refractivity contribution < 1.29 is 4.39 Å². The summed E-state index contributed by atoms with van der Waals surface area (Å²) in [6.45, 7) is 4.42. The fourth-order valence-corrected chi connectivity index (χ4v) is 3.65. The molecule has 0 unspecified atom stereocenters. The van der Waals surface area contributed by atoms with Crippen molar-refractivity contribution in [3.63, 3.8) is 0 Å². The summed E-state index contributed by atoms with van der Waals surface area (Å²) in [5, 5.41) is 0. The van der Waals surface area contributed by atoms with Crippen molar-refractivity contribution in [2.24, 2.45) is 11.8 Å². The molecule has 1 saturated carbocycles. The van der Waals surface area contributed by atoms with E-state index in [0.29, 0.717) is 6.42 Å². The van der Waals surface area contributed by atoms with Gasteiger partial charge in [-0.3, -0.25) is 0 Å². The fraction of sp³-hybridized carbons (Fsp3) is 0.455. The summed E-state index contributed by atoms with van der Waals surface area (Å²) in [5.41, 5.74) is 4.37. The molecule has 122 valence electrons. The van der Waals surface area contributed by atoms with E-state index in [4.69, 9.17) is 0 Å². The standard InChI is InChI=1S/C22H27F/c1-16-3-7-18(8-4-16)13-20-11-12-21(22(23)15-20)14-19-9-5-17(2)6-10-19/h5-6,9-12,15-16,18H,3-4,7-8,13-14H2,1-2H3. The van der Waals surface area contributed by atoms with E-state index in [1.807, 2.05) is 6.07 Å². The van der Waals surface area contributed by atoms with Crippen LogP contribution in [-0.4, -0.2) is 0 Å². The van der Waals surface area contributed by atoms with Gasteiger partial charge in [0.05, 0.1) is 0 Å². The first-order chi connectivity index (χ1) is 11.1. The molecule has 0 saturated heterocycles. The van der Waals surface area contributed by atoms with E-state index in [1.54, 1.807) is 6.07 Å². The lowest BCUT2D eigenvalue weighted by atomic mass is 9.80. The molecule has 1 heteroatoms. The highest BCUT2D eigenvalue weighted by Crippen LogP contribution is 2.31. The maximum Gasteiger partial charge on any atom is 0.127 e. The topological polar surface area (TPSA) is 0 Å². The van der Waals surface area contributed by atoms with Gasteiger partial charge in [0.25, 0.3) is 0 Å². The molecule has 0 aliphatic heterocycles. The minimum absolute atomic E-state index is 0.0488. The molecule has 1 fully saturated rings. The molecule has 0 aromatic heterocycles. The summed E-state index contributed by atoms with van der Waals surface area (Å²) in [4.78, 5) is 0. The van der Waals surface area contributed by atoms with Crippen LogP contribution in [0.3, 0.4) is 0 Å². The number of hydrogen-bond acceptors (Lipinski definition) is 0. The third-order valence-corrected chi connectivity index (χ3v) is 5.29. The first kappa shape index (κ1) is 16.2. The summed E-state index contributed by atoms with van der Waals surface area (Å²) >= 11 is 0. The van der Waals surface area contributed by atoms with Crippen molar-refractivity contribution in [2.75, 3.05) is 0 Å². The lowest BCUT2D eigenvalue weighted by Crippen LogP contribution is -2.14. The quantitative estimate of drug-likeness (QED) is 0.640. The molecule has 0 radical (unpaired) electrons. The van der Waals surface area contributed by atoms with Gasteiger partial charge in [-0.2, -0.15) is 0 Å². The van der Waals surface area contributed by atoms with E-state index in [1.165, 1.54) is 36.8 Å². The van der Waals surface area contributed by atoms with Gasteiger partial charge in [-0.15, -0.1) is 0 Å². The Morgan fingerprint density at radius 3 is 2.22 bits per heavy atom. The highest BCUT2D eigenvalue weighted by Gasteiger charge is 2.18. The molecule has 0 spiro atoms. The lowest BCUT2D eigenvalue weighted by Gasteiger charge is -2.26. The van der Waals surface area contributed by atoms with Gasteiger partial charge in [0.15, 0.2) is 0 Å². The van der Waals surface area contributed by atoms with E-state index in [-0.39, 0.29) is 5.82 Å². The lowest BCUT2D eigenvalue weighted by molar-refractivity contribution is 0.289. The van der Waals surface area contributed by atoms with Crippen molar-refractivity contribution >= 4 is 0 Å².